The van der Waals surface area contributed by atoms with E-state index in [2.05, 4.69) is 33.9 Å². The van der Waals surface area contributed by atoms with Crippen LogP contribution in [-0.2, 0) is 7.05 Å². The summed E-state index contributed by atoms with van der Waals surface area (Å²) in [5.41, 5.74) is 5.79. The summed E-state index contributed by atoms with van der Waals surface area (Å²) in [5.74, 6) is 0.519. The van der Waals surface area contributed by atoms with Crippen LogP contribution >= 0.6 is 0 Å². The molecule has 132 valence electrons. The first-order chi connectivity index (χ1) is 13.3. The number of nitrogens with one attached hydrogen (secondary N) is 1. The van der Waals surface area contributed by atoms with E-state index in [0.717, 1.165) is 44.3 Å². The van der Waals surface area contributed by atoms with Gasteiger partial charge in [-0.1, -0.05) is 36.4 Å². The fraction of sp³-hybridized carbons (Fsp3) is 0.0909. The van der Waals surface area contributed by atoms with Crippen molar-refractivity contribution >= 4 is 21.8 Å². The maximum atomic E-state index is 5.60. The molecule has 5 heteroatoms. The highest BCUT2D eigenvalue weighted by molar-refractivity contribution is 5.97. The van der Waals surface area contributed by atoms with E-state index in [0.29, 0.717) is 5.88 Å². The minimum absolute atomic E-state index is 0.519. The Kier molecular flexibility index (Phi) is 3.47. The number of aromatic amines is 1. The van der Waals surface area contributed by atoms with Gasteiger partial charge in [-0.3, -0.25) is 0 Å². The zero-order valence-electron chi connectivity index (χ0n) is 15.1. The fourth-order valence-corrected chi connectivity index (χ4v) is 3.64. The average molecular weight is 354 g/mol. The van der Waals surface area contributed by atoms with Gasteiger partial charge in [0.1, 0.15) is 5.69 Å². The van der Waals surface area contributed by atoms with Crippen molar-refractivity contribution in [1.82, 2.24) is 19.5 Å². The third-order valence-electron chi connectivity index (χ3n) is 4.95. The molecule has 27 heavy (non-hydrogen) atoms. The van der Waals surface area contributed by atoms with E-state index in [1.807, 2.05) is 49.8 Å². The summed E-state index contributed by atoms with van der Waals surface area (Å²) in [7, 11) is 3.67. The van der Waals surface area contributed by atoms with Crippen LogP contribution in [0.3, 0.4) is 0 Å². The molecule has 0 aliphatic rings. The normalized spacial score (nSPS) is 11.3. The van der Waals surface area contributed by atoms with Crippen LogP contribution in [0.5, 0.6) is 5.88 Å². The average Bonchev–Trinajstić information content (AvgIpc) is 3.29. The highest BCUT2D eigenvalue weighted by Gasteiger charge is 2.17. The van der Waals surface area contributed by atoms with Gasteiger partial charge in [-0.05, 0) is 12.1 Å². The first-order valence-corrected chi connectivity index (χ1v) is 8.78. The Hall–Kier alpha value is -3.60. The molecule has 2 aromatic carbocycles. The van der Waals surface area contributed by atoms with Crippen molar-refractivity contribution < 1.29 is 4.74 Å². The van der Waals surface area contributed by atoms with E-state index in [1.165, 1.54) is 0 Å². The first-order valence-electron chi connectivity index (χ1n) is 8.78. The number of methoxy groups -OCH3 is 1. The summed E-state index contributed by atoms with van der Waals surface area (Å²) in [5, 5.41) is 2.25. The van der Waals surface area contributed by atoms with E-state index in [4.69, 9.17) is 14.7 Å². The van der Waals surface area contributed by atoms with Crippen molar-refractivity contribution in [2.24, 2.45) is 7.05 Å². The maximum absolute atomic E-state index is 5.60. The van der Waals surface area contributed by atoms with Crippen molar-refractivity contribution in [3.05, 3.63) is 67.1 Å². The lowest BCUT2D eigenvalue weighted by molar-refractivity contribution is 0.398. The van der Waals surface area contributed by atoms with E-state index in [1.54, 1.807) is 7.11 Å². The predicted molar refractivity (Wildman–Crippen MR) is 108 cm³/mol. The van der Waals surface area contributed by atoms with E-state index in [9.17, 15) is 0 Å². The molecule has 0 atom stereocenters. The van der Waals surface area contributed by atoms with Crippen LogP contribution < -0.4 is 4.74 Å². The maximum Gasteiger partial charge on any atom is 0.241 e. The molecule has 0 fully saturated rings. The van der Waals surface area contributed by atoms with Crippen molar-refractivity contribution in [1.29, 1.82) is 0 Å². The molecule has 0 saturated heterocycles. The molecule has 5 aromatic rings. The number of aromatic nitrogens is 4. The lowest BCUT2D eigenvalue weighted by Crippen LogP contribution is -1.96. The first kappa shape index (κ1) is 15.6. The van der Waals surface area contributed by atoms with Crippen LogP contribution in [0.1, 0.15) is 0 Å². The monoisotopic (exact) mass is 354 g/mol. The Morgan fingerprint density at radius 3 is 2.59 bits per heavy atom. The van der Waals surface area contributed by atoms with E-state index >= 15 is 0 Å². The number of hydrogen-bond acceptors (Lipinski definition) is 3. The summed E-state index contributed by atoms with van der Waals surface area (Å²) in [6, 6.07) is 16.4. The quantitative estimate of drug-likeness (QED) is 0.507. The summed E-state index contributed by atoms with van der Waals surface area (Å²) in [6.45, 7) is 0. The van der Waals surface area contributed by atoms with Crippen molar-refractivity contribution in [2.75, 3.05) is 7.11 Å². The second-order valence-corrected chi connectivity index (χ2v) is 6.53. The molecule has 0 spiro atoms. The van der Waals surface area contributed by atoms with Crippen LogP contribution in [0.25, 0.3) is 44.3 Å². The number of nitrogens with zero attached hydrogens (tertiary/aromatic N) is 3. The molecular formula is C22H18N4O. The molecule has 0 amide bonds. The Morgan fingerprint density at radius 2 is 1.74 bits per heavy atom. The van der Waals surface area contributed by atoms with Crippen molar-refractivity contribution in [3.8, 4) is 28.4 Å². The number of aryl methyl sites for hydroxylation is 1. The van der Waals surface area contributed by atoms with Crippen molar-refractivity contribution in [3.63, 3.8) is 0 Å². The van der Waals surface area contributed by atoms with Crippen LogP contribution in [0, 0.1) is 0 Å². The molecule has 3 heterocycles. The van der Waals surface area contributed by atoms with Gasteiger partial charge in [0.2, 0.25) is 5.88 Å². The zero-order chi connectivity index (χ0) is 18.4. The molecule has 0 aliphatic carbocycles. The van der Waals surface area contributed by atoms with Crippen molar-refractivity contribution in [2.45, 2.75) is 0 Å². The number of fused-ring (bicyclic) bond motifs is 2. The van der Waals surface area contributed by atoms with E-state index < -0.39 is 0 Å². The predicted octanol–water partition coefficient (Wildman–Crippen LogP) is 4.79. The molecule has 3 aromatic heterocycles. The summed E-state index contributed by atoms with van der Waals surface area (Å²) in [4.78, 5) is 12.8. The van der Waals surface area contributed by atoms with Crippen LogP contribution in [-0.4, -0.2) is 26.6 Å². The molecule has 5 nitrogen and oxygen atoms in total. The molecule has 0 bridgehead atoms. The molecule has 0 unspecified atom stereocenters. The molecule has 1 N–H and O–H groups in total. The summed E-state index contributed by atoms with van der Waals surface area (Å²) >= 11 is 0. The van der Waals surface area contributed by atoms with Crippen LogP contribution in [0.2, 0.25) is 0 Å². The second kappa shape index (κ2) is 5.99. The highest BCUT2D eigenvalue weighted by atomic mass is 16.5. The lowest BCUT2D eigenvalue weighted by Gasteiger charge is -2.08. The molecule has 0 saturated carbocycles. The molecule has 5 rings (SSSR count). The Bertz CT molecular complexity index is 1280. The molecule has 0 aliphatic heterocycles. The van der Waals surface area contributed by atoms with Crippen LogP contribution in [0.15, 0.2) is 67.1 Å². The second-order valence-electron chi connectivity index (χ2n) is 6.53. The lowest BCUT2D eigenvalue weighted by atomic mass is 10.1. The number of para-hydroxylation sites is 2. The third-order valence-corrected chi connectivity index (χ3v) is 4.95. The number of hydrogen-bond donors (Lipinski definition) is 1. The van der Waals surface area contributed by atoms with Gasteiger partial charge in [0.05, 0.1) is 19.0 Å². The van der Waals surface area contributed by atoms with Gasteiger partial charge >= 0.3 is 0 Å². The largest absolute Gasteiger partial charge is 0.479 e. The van der Waals surface area contributed by atoms with Crippen LogP contribution in [0.4, 0.5) is 0 Å². The standard InChI is InChI=1S/C22H18N4O/c1-26-13-17(15-8-4-6-10-20(15)26)19-12-24-21(22(25-19)27-2)16-11-23-18-9-5-3-7-14(16)18/h3-13,23H,1-2H3. The SMILES string of the molecule is COc1nc(-c2cn(C)c3ccccc23)cnc1-c1c[nH]c2ccccc12. The molecular weight excluding hydrogens is 336 g/mol. The zero-order valence-corrected chi connectivity index (χ0v) is 15.1. The van der Waals surface area contributed by atoms with Gasteiger partial charge in [0, 0.05) is 52.4 Å². The Balaban J connectivity index is 1.69. The smallest absolute Gasteiger partial charge is 0.241 e. The van der Waals surface area contributed by atoms with Gasteiger partial charge in [-0.2, -0.15) is 0 Å². The van der Waals surface area contributed by atoms with Gasteiger partial charge in [-0.25, -0.2) is 9.97 Å². The minimum atomic E-state index is 0.519. The van der Waals surface area contributed by atoms with Gasteiger partial charge in [0.15, 0.2) is 0 Å². The summed E-state index contributed by atoms with van der Waals surface area (Å²) in [6.07, 6.45) is 5.86. The minimum Gasteiger partial charge on any atom is -0.479 e. The topological polar surface area (TPSA) is 55.7 Å². The molecule has 0 radical (unpaired) electrons. The van der Waals surface area contributed by atoms with Gasteiger partial charge in [0.25, 0.3) is 0 Å². The van der Waals surface area contributed by atoms with Gasteiger partial charge in [-0.15, -0.1) is 0 Å². The number of rotatable bonds is 3. The van der Waals surface area contributed by atoms with Gasteiger partial charge < -0.3 is 14.3 Å². The fourth-order valence-electron chi connectivity index (χ4n) is 3.64. The third kappa shape index (κ3) is 2.39. The number of H-pyrrole nitrogens is 1. The highest BCUT2D eigenvalue weighted by Crippen LogP contribution is 2.35. The van der Waals surface area contributed by atoms with E-state index in [-0.39, 0.29) is 0 Å². The Morgan fingerprint density at radius 1 is 0.963 bits per heavy atom. The Labute approximate surface area is 156 Å². The summed E-state index contributed by atoms with van der Waals surface area (Å²) < 4.78 is 7.71. The number of ether oxygens (including phenoxy) is 1. The number of benzene rings is 2.